The smallest absolute Gasteiger partial charge is 0.250 e. The number of thiophene rings is 1. The van der Waals surface area contributed by atoms with Crippen LogP contribution in [0.2, 0.25) is 0 Å². The Morgan fingerprint density at radius 2 is 1.94 bits per heavy atom. The third-order valence-corrected chi connectivity index (χ3v) is 5.93. The zero-order valence-electron chi connectivity index (χ0n) is 11.4. The SMILES string of the molecule is CCNCc1ccc(S(=O)(=O)NC(C)C(C)C)s1. The van der Waals surface area contributed by atoms with Crippen molar-refractivity contribution in [2.24, 2.45) is 5.92 Å². The Morgan fingerprint density at radius 3 is 2.50 bits per heavy atom. The number of sulfonamides is 1. The van der Waals surface area contributed by atoms with E-state index in [-0.39, 0.29) is 12.0 Å². The second-order valence-electron chi connectivity index (χ2n) is 4.66. The maximum atomic E-state index is 12.1. The number of hydrogen-bond donors (Lipinski definition) is 2. The summed E-state index contributed by atoms with van der Waals surface area (Å²) in [7, 11) is -3.37. The van der Waals surface area contributed by atoms with Crippen molar-refractivity contribution in [3.8, 4) is 0 Å². The highest BCUT2D eigenvalue weighted by atomic mass is 32.2. The third kappa shape index (κ3) is 4.35. The van der Waals surface area contributed by atoms with Gasteiger partial charge in [0, 0.05) is 17.5 Å². The molecule has 1 aromatic heterocycles. The van der Waals surface area contributed by atoms with E-state index in [1.54, 1.807) is 6.07 Å². The molecule has 1 atom stereocenters. The van der Waals surface area contributed by atoms with Gasteiger partial charge in [-0.1, -0.05) is 20.8 Å². The van der Waals surface area contributed by atoms with E-state index < -0.39 is 10.0 Å². The molecule has 0 aliphatic rings. The minimum absolute atomic E-state index is 0.0608. The van der Waals surface area contributed by atoms with Crippen LogP contribution in [0.25, 0.3) is 0 Å². The second kappa shape index (κ2) is 6.65. The molecule has 1 rings (SSSR count). The van der Waals surface area contributed by atoms with Crippen LogP contribution in [-0.2, 0) is 16.6 Å². The second-order valence-corrected chi connectivity index (χ2v) is 7.76. The van der Waals surface area contributed by atoms with Crippen LogP contribution >= 0.6 is 11.3 Å². The molecule has 6 heteroatoms. The van der Waals surface area contributed by atoms with Gasteiger partial charge in [-0.25, -0.2) is 13.1 Å². The van der Waals surface area contributed by atoms with Crippen LogP contribution in [0.5, 0.6) is 0 Å². The lowest BCUT2D eigenvalue weighted by molar-refractivity contribution is 0.477. The van der Waals surface area contributed by atoms with E-state index in [1.165, 1.54) is 11.3 Å². The van der Waals surface area contributed by atoms with Crippen molar-refractivity contribution in [1.29, 1.82) is 0 Å². The van der Waals surface area contributed by atoms with Crippen LogP contribution in [0.1, 0.15) is 32.6 Å². The normalized spacial score (nSPS) is 14.1. The zero-order chi connectivity index (χ0) is 13.8. The Hall–Kier alpha value is -0.430. The van der Waals surface area contributed by atoms with Crippen LogP contribution in [0.3, 0.4) is 0 Å². The average molecular weight is 290 g/mol. The summed E-state index contributed by atoms with van der Waals surface area (Å²) >= 11 is 1.32. The number of rotatable bonds is 7. The number of nitrogens with one attached hydrogen (secondary N) is 2. The van der Waals surface area contributed by atoms with E-state index in [2.05, 4.69) is 10.0 Å². The van der Waals surface area contributed by atoms with Gasteiger partial charge in [-0.05, 0) is 31.5 Å². The minimum Gasteiger partial charge on any atom is -0.312 e. The lowest BCUT2D eigenvalue weighted by atomic mass is 10.1. The molecule has 0 aliphatic carbocycles. The van der Waals surface area contributed by atoms with E-state index in [9.17, 15) is 8.42 Å². The van der Waals surface area contributed by atoms with Crippen molar-refractivity contribution in [3.63, 3.8) is 0 Å². The molecule has 1 aromatic rings. The molecule has 1 heterocycles. The fraction of sp³-hybridized carbons (Fsp3) is 0.667. The molecule has 0 bridgehead atoms. The van der Waals surface area contributed by atoms with Gasteiger partial charge in [0.2, 0.25) is 10.0 Å². The van der Waals surface area contributed by atoms with Crippen molar-refractivity contribution in [2.75, 3.05) is 6.54 Å². The standard InChI is InChI=1S/C12H22N2O2S2/c1-5-13-8-11-6-7-12(17-11)18(15,16)14-10(4)9(2)3/h6-7,9-10,13-14H,5,8H2,1-4H3. The highest BCUT2D eigenvalue weighted by Crippen LogP contribution is 2.22. The van der Waals surface area contributed by atoms with E-state index >= 15 is 0 Å². The first-order valence-corrected chi connectivity index (χ1v) is 8.48. The van der Waals surface area contributed by atoms with E-state index in [0.717, 1.165) is 18.0 Å². The van der Waals surface area contributed by atoms with Crippen molar-refractivity contribution >= 4 is 21.4 Å². The van der Waals surface area contributed by atoms with Crippen LogP contribution in [0, 0.1) is 5.92 Å². The van der Waals surface area contributed by atoms with Gasteiger partial charge in [-0.15, -0.1) is 11.3 Å². The molecule has 18 heavy (non-hydrogen) atoms. The van der Waals surface area contributed by atoms with E-state index in [0.29, 0.717) is 4.21 Å². The van der Waals surface area contributed by atoms with Crippen molar-refractivity contribution in [2.45, 2.75) is 44.5 Å². The predicted octanol–water partition coefficient (Wildman–Crippen LogP) is 2.18. The van der Waals surface area contributed by atoms with E-state index in [4.69, 9.17) is 0 Å². The van der Waals surface area contributed by atoms with Crippen molar-refractivity contribution < 1.29 is 8.42 Å². The van der Waals surface area contributed by atoms with Crippen LogP contribution in [-0.4, -0.2) is 21.0 Å². The first-order chi connectivity index (χ1) is 8.36. The summed E-state index contributed by atoms with van der Waals surface area (Å²) in [5, 5.41) is 3.18. The Kier molecular flexibility index (Phi) is 5.78. The maximum absolute atomic E-state index is 12.1. The van der Waals surface area contributed by atoms with Gasteiger partial charge < -0.3 is 5.32 Å². The molecule has 1 unspecified atom stereocenters. The van der Waals surface area contributed by atoms with Gasteiger partial charge >= 0.3 is 0 Å². The maximum Gasteiger partial charge on any atom is 0.250 e. The number of hydrogen-bond acceptors (Lipinski definition) is 4. The van der Waals surface area contributed by atoms with Gasteiger partial charge in [0.25, 0.3) is 0 Å². The van der Waals surface area contributed by atoms with Gasteiger partial charge in [0.15, 0.2) is 0 Å². The molecule has 0 amide bonds. The summed E-state index contributed by atoms with van der Waals surface area (Å²) in [6.45, 7) is 9.50. The molecule has 0 saturated heterocycles. The van der Waals surface area contributed by atoms with Gasteiger partial charge in [-0.2, -0.15) is 0 Å². The summed E-state index contributed by atoms with van der Waals surface area (Å²) in [6.07, 6.45) is 0. The summed E-state index contributed by atoms with van der Waals surface area (Å²) < 4.78 is 27.3. The summed E-state index contributed by atoms with van der Waals surface area (Å²) in [5.74, 6) is 0.279. The Balaban J connectivity index is 2.76. The Labute approximate surface area is 114 Å². The average Bonchev–Trinajstić information content (AvgIpc) is 2.74. The van der Waals surface area contributed by atoms with Gasteiger partial charge in [0.05, 0.1) is 0 Å². The molecule has 104 valence electrons. The summed E-state index contributed by atoms with van der Waals surface area (Å²) in [6, 6.07) is 3.48. The minimum atomic E-state index is -3.37. The summed E-state index contributed by atoms with van der Waals surface area (Å²) in [4.78, 5) is 1.04. The van der Waals surface area contributed by atoms with Crippen LogP contribution in [0.15, 0.2) is 16.3 Å². The Morgan fingerprint density at radius 1 is 1.28 bits per heavy atom. The molecule has 0 fully saturated rings. The highest BCUT2D eigenvalue weighted by molar-refractivity contribution is 7.91. The predicted molar refractivity (Wildman–Crippen MR) is 76.3 cm³/mol. The lowest BCUT2D eigenvalue weighted by Crippen LogP contribution is -2.35. The lowest BCUT2D eigenvalue weighted by Gasteiger charge is -2.16. The Bertz CT molecular complexity index is 466. The summed E-state index contributed by atoms with van der Waals surface area (Å²) in [5.41, 5.74) is 0. The largest absolute Gasteiger partial charge is 0.312 e. The fourth-order valence-corrected chi connectivity index (χ4v) is 4.02. The molecule has 0 spiro atoms. The molecular formula is C12H22N2O2S2. The monoisotopic (exact) mass is 290 g/mol. The third-order valence-electron chi connectivity index (χ3n) is 2.79. The molecule has 2 N–H and O–H groups in total. The first-order valence-electron chi connectivity index (χ1n) is 6.18. The van der Waals surface area contributed by atoms with Crippen LogP contribution in [0.4, 0.5) is 0 Å². The molecule has 4 nitrogen and oxygen atoms in total. The highest BCUT2D eigenvalue weighted by Gasteiger charge is 2.20. The molecule has 0 radical (unpaired) electrons. The molecule has 0 aromatic carbocycles. The fourth-order valence-electron chi connectivity index (χ4n) is 1.28. The van der Waals surface area contributed by atoms with Crippen LogP contribution < -0.4 is 10.0 Å². The van der Waals surface area contributed by atoms with E-state index in [1.807, 2.05) is 33.8 Å². The first kappa shape index (κ1) is 15.6. The topological polar surface area (TPSA) is 58.2 Å². The molecule has 0 aliphatic heterocycles. The van der Waals surface area contributed by atoms with Crippen molar-refractivity contribution in [3.05, 3.63) is 17.0 Å². The molecule has 0 saturated carbocycles. The molecular weight excluding hydrogens is 268 g/mol. The quantitative estimate of drug-likeness (QED) is 0.809. The zero-order valence-corrected chi connectivity index (χ0v) is 13.0. The van der Waals surface area contributed by atoms with Gasteiger partial charge in [0.1, 0.15) is 4.21 Å². The van der Waals surface area contributed by atoms with Gasteiger partial charge in [-0.3, -0.25) is 0 Å². The van der Waals surface area contributed by atoms with Crippen molar-refractivity contribution in [1.82, 2.24) is 10.0 Å².